The molecule has 2 N–H and O–H groups in total. The van der Waals surface area contributed by atoms with E-state index in [2.05, 4.69) is 5.32 Å². The van der Waals surface area contributed by atoms with Crippen LogP contribution in [0, 0.1) is 0 Å². The predicted molar refractivity (Wildman–Crippen MR) is 118 cm³/mol. The lowest BCUT2D eigenvalue weighted by Crippen LogP contribution is -2.29. The number of benzene rings is 3. The second-order valence-electron chi connectivity index (χ2n) is 7.08. The SMILES string of the molecule is COc1ccc(OC)c(NC(=O)c2ccc(N3C(=O)c4ccc(C(=O)O)cc4C3=O)cc2)c1. The number of methoxy groups -OCH3 is 2. The van der Waals surface area contributed by atoms with Gasteiger partial charge in [-0.1, -0.05) is 0 Å². The van der Waals surface area contributed by atoms with E-state index in [0.29, 0.717) is 17.2 Å². The number of carboxylic acids is 1. The molecule has 0 unspecified atom stereocenters. The molecule has 9 heteroatoms. The van der Waals surface area contributed by atoms with Gasteiger partial charge in [-0.15, -0.1) is 0 Å². The van der Waals surface area contributed by atoms with Gasteiger partial charge in [0.25, 0.3) is 17.7 Å². The minimum absolute atomic E-state index is 0.0202. The molecule has 0 spiro atoms. The molecule has 166 valence electrons. The van der Waals surface area contributed by atoms with E-state index in [1.807, 2.05) is 0 Å². The van der Waals surface area contributed by atoms with Crippen molar-refractivity contribution in [2.24, 2.45) is 0 Å². The number of rotatable bonds is 6. The molecule has 0 fully saturated rings. The zero-order valence-corrected chi connectivity index (χ0v) is 17.6. The Morgan fingerprint density at radius 2 is 1.48 bits per heavy atom. The molecule has 3 aromatic rings. The van der Waals surface area contributed by atoms with Gasteiger partial charge in [0.05, 0.1) is 42.3 Å². The van der Waals surface area contributed by atoms with Crippen molar-refractivity contribution in [1.82, 2.24) is 0 Å². The summed E-state index contributed by atoms with van der Waals surface area (Å²) in [6.45, 7) is 0. The summed E-state index contributed by atoms with van der Waals surface area (Å²) < 4.78 is 10.4. The van der Waals surface area contributed by atoms with Crippen molar-refractivity contribution in [2.75, 3.05) is 24.4 Å². The Labute approximate surface area is 188 Å². The molecular weight excluding hydrogens is 428 g/mol. The molecule has 3 aromatic carbocycles. The second kappa shape index (κ2) is 8.46. The van der Waals surface area contributed by atoms with E-state index in [1.165, 1.54) is 56.7 Å². The Morgan fingerprint density at radius 3 is 2.12 bits per heavy atom. The standard InChI is InChI=1S/C24H18N2O7/c1-32-16-8-10-20(33-2)19(12-16)25-21(27)13-3-6-15(7-4-13)26-22(28)17-9-5-14(24(30)31)11-18(17)23(26)29/h3-12H,1-2H3,(H,25,27)(H,30,31). The number of anilines is 2. The summed E-state index contributed by atoms with van der Waals surface area (Å²) in [7, 11) is 2.99. The zero-order chi connectivity index (χ0) is 23.7. The van der Waals surface area contributed by atoms with Crippen LogP contribution < -0.4 is 19.7 Å². The third kappa shape index (κ3) is 3.87. The van der Waals surface area contributed by atoms with Gasteiger partial charge in [-0.25, -0.2) is 9.69 Å². The number of hydrogen-bond acceptors (Lipinski definition) is 6. The normalized spacial score (nSPS) is 12.4. The third-order valence-corrected chi connectivity index (χ3v) is 5.18. The van der Waals surface area contributed by atoms with Gasteiger partial charge in [0.15, 0.2) is 0 Å². The van der Waals surface area contributed by atoms with Gasteiger partial charge in [-0.05, 0) is 54.6 Å². The number of imide groups is 1. The highest BCUT2D eigenvalue weighted by Crippen LogP contribution is 2.31. The highest BCUT2D eigenvalue weighted by Gasteiger charge is 2.37. The van der Waals surface area contributed by atoms with Crippen molar-refractivity contribution in [3.05, 3.63) is 82.9 Å². The van der Waals surface area contributed by atoms with Gasteiger partial charge >= 0.3 is 5.97 Å². The van der Waals surface area contributed by atoms with Gasteiger partial charge in [-0.2, -0.15) is 0 Å². The van der Waals surface area contributed by atoms with E-state index >= 15 is 0 Å². The summed E-state index contributed by atoms with van der Waals surface area (Å²) in [5, 5.41) is 11.9. The number of nitrogens with one attached hydrogen (secondary N) is 1. The van der Waals surface area contributed by atoms with Crippen molar-refractivity contribution in [3.63, 3.8) is 0 Å². The predicted octanol–water partition coefficient (Wildman–Crippen LogP) is 3.45. The highest BCUT2D eigenvalue weighted by molar-refractivity contribution is 6.34. The van der Waals surface area contributed by atoms with Gasteiger partial charge in [0.1, 0.15) is 11.5 Å². The first-order valence-corrected chi connectivity index (χ1v) is 9.73. The maximum atomic E-state index is 12.8. The molecule has 1 aliphatic heterocycles. The Hall–Kier alpha value is -4.66. The van der Waals surface area contributed by atoms with Crippen molar-refractivity contribution in [2.45, 2.75) is 0 Å². The van der Waals surface area contributed by atoms with Crippen LogP contribution in [0.4, 0.5) is 11.4 Å². The van der Waals surface area contributed by atoms with Crippen LogP contribution in [-0.2, 0) is 0 Å². The largest absolute Gasteiger partial charge is 0.497 e. The van der Waals surface area contributed by atoms with Crippen LogP contribution in [0.2, 0.25) is 0 Å². The van der Waals surface area contributed by atoms with E-state index in [0.717, 1.165) is 4.90 Å². The lowest BCUT2D eigenvalue weighted by atomic mass is 10.1. The number of nitrogens with zero attached hydrogens (tertiary/aromatic N) is 1. The number of carboxylic acid groups (broad SMARTS) is 1. The lowest BCUT2D eigenvalue weighted by molar-refractivity contribution is 0.0696. The van der Waals surface area contributed by atoms with Crippen LogP contribution in [0.15, 0.2) is 60.7 Å². The van der Waals surface area contributed by atoms with Crippen LogP contribution in [0.25, 0.3) is 0 Å². The van der Waals surface area contributed by atoms with Gasteiger partial charge in [0.2, 0.25) is 0 Å². The molecule has 1 aliphatic rings. The molecule has 33 heavy (non-hydrogen) atoms. The number of ether oxygens (including phenoxy) is 2. The fraction of sp³-hybridized carbons (Fsp3) is 0.0833. The van der Waals surface area contributed by atoms with Crippen molar-refractivity contribution >= 4 is 35.1 Å². The molecule has 0 atom stereocenters. The fourth-order valence-corrected chi connectivity index (χ4v) is 3.48. The Morgan fingerprint density at radius 1 is 0.818 bits per heavy atom. The average Bonchev–Trinajstić information content (AvgIpc) is 3.08. The van der Waals surface area contributed by atoms with E-state index in [9.17, 15) is 19.2 Å². The molecule has 9 nitrogen and oxygen atoms in total. The van der Waals surface area contributed by atoms with Crippen LogP contribution in [-0.4, -0.2) is 43.0 Å². The van der Waals surface area contributed by atoms with Gasteiger partial charge in [0, 0.05) is 11.6 Å². The summed E-state index contributed by atoms with van der Waals surface area (Å²) >= 11 is 0. The first-order valence-electron chi connectivity index (χ1n) is 9.73. The number of carbonyl (C=O) groups is 4. The summed E-state index contributed by atoms with van der Waals surface area (Å²) in [5.74, 6) is -1.83. The third-order valence-electron chi connectivity index (χ3n) is 5.18. The van der Waals surface area contributed by atoms with E-state index in [-0.39, 0.29) is 27.9 Å². The monoisotopic (exact) mass is 446 g/mol. The fourth-order valence-electron chi connectivity index (χ4n) is 3.48. The molecule has 0 aliphatic carbocycles. The molecule has 0 saturated carbocycles. The van der Waals surface area contributed by atoms with Crippen LogP contribution in [0.1, 0.15) is 41.4 Å². The number of amides is 3. The van der Waals surface area contributed by atoms with Crippen LogP contribution in [0.3, 0.4) is 0 Å². The molecule has 4 rings (SSSR count). The maximum absolute atomic E-state index is 12.8. The summed E-state index contributed by atoms with van der Waals surface area (Å²) in [5.41, 5.74) is 1.02. The first kappa shape index (κ1) is 21.6. The van der Waals surface area contributed by atoms with Crippen molar-refractivity contribution in [3.8, 4) is 11.5 Å². The summed E-state index contributed by atoms with van der Waals surface area (Å²) in [6, 6.07) is 14.7. The number of fused-ring (bicyclic) bond motifs is 1. The topological polar surface area (TPSA) is 122 Å². The minimum Gasteiger partial charge on any atom is -0.497 e. The number of hydrogen-bond donors (Lipinski definition) is 2. The molecule has 0 saturated heterocycles. The van der Waals surface area contributed by atoms with Crippen LogP contribution >= 0.6 is 0 Å². The molecule has 1 heterocycles. The van der Waals surface area contributed by atoms with Gasteiger partial charge < -0.3 is 19.9 Å². The van der Waals surface area contributed by atoms with E-state index in [4.69, 9.17) is 14.6 Å². The van der Waals surface area contributed by atoms with Crippen LogP contribution in [0.5, 0.6) is 11.5 Å². The smallest absolute Gasteiger partial charge is 0.335 e. The van der Waals surface area contributed by atoms with E-state index in [1.54, 1.807) is 18.2 Å². The van der Waals surface area contributed by atoms with Gasteiger partial charge in [-0.3, -0.25) is 14.4 Å². The molecule has 0 bridgehead atoms. The lowest BCUT2D eigenvalue weighted by Gasteiger charge is -2.15. The highest BCUT2D eigenvalue weighted by atomic mass is 16.5. The summed E-state index contributed by atoms with van der Waals surface area (Å²) in [6.07, 6.45) is 0. The quantitative estimate of drug-likeness (QED) is 0.556. The second-order valence-corrected chi connectivity index (χ2v) is 7.08. The number of aromatic carboxylic acids is 1. The molecular formula is C24H18N2O7. The maximum Gasteiger partial charge on any atom is 0.335 e. The minimum atomic E-state index is -1.19. The molecule has 0 aromatic heterocycles. The Bertz CT molecular complexity index is 1300. The zero-order valence-electron chi connectivity index (χ0n) is 17.6. The van der Waals surface area contributed by atoms with Crippen molar-refractivity contribution < 1.29 is 33.8 Å². The molecule has 0 radical (unpaired) electrons. The van der Waals surface area contributed by atoms with E-state index < -0.39 is 23.7 Å². The summed E-state index contributed by atoms with van der Waals surface area (Å²) in [4.78, 5) is 50.4. The number of carbonyl (C=O) groups excluding carboxylic acids is 3. The first-order chi connectivity index (χ1) is 15.8. The van der Waals surface area contributed by atoms with Crippen molar-refractivity contribution in [1.29, 1.82) is 0 Å². The Kier molecular flexibility index (Phi) is 5.53. The Balaban J connectivity index is 1.56. The molecule has 3 amide bonds. The average molecular weight is 446 g/mol.